The Bertz CT molecular complexity index is 992. The van der Waals surface area contributed by atoms with Crippen molar-refractivity contribution in [3.05, 3.63) is 50.8 Å². The Morgan fingerprint density at radius 3 is 2.55 bits per heavy atom. The van der Waals surface area contributed by atoms with Gasteiger partial charge in [-0.05, 0) is 52.3 Å². The Kier molecular flexibility index (Phi) is 6.05. The molecule has 0 saturated heterocycles. The fourth-order valence-electron chi connectivity index (χ4n) is 3.42. The van der Waals surface area contributed by atoms with Gasteiger partial charge in [0.25, 0.3) is 0 Å². The first-order valence-corrected chi connectivity index (χ1v) is 10.1. The highest BCUT2D eigenvalue weighted by Crippen LogP contribution is 2.38. The Labute approximate surface area is 176 Å². The summed E-state index contributed by atoms with van der Waals surface area (Å²) in [5.41, 5.74) is 2.21. The third-order valence-electron chi connectivity index (χ3n) is 4.89. The minimum absolute atomic E-state index is 0.174. The molecule has 1 aromatic heterocycles. The van der Waals surface area contributed by atoms with Crippen LogP contribution < -0.4 is 15.2 Å². The second-order valence-electron chi connectivity index (χ2n) is 8.05. The maximum atomic E-state index is 12.5. The fourth-order valence-corrected chi connectivity index (χ4v) is 3.64. The second kappa shape index (κ2) is 8.20. The largest absolute Gasteiger partial charge is 0.490 e. The summed E-state index contributed by atoms with van der Waals surface area (Å²) in [7, 11) is 0. The maximum Gasteiger partial charge on any atom is 0.193 e. The van der Waals surface area contributed by atoms with Gasteiger partial charge >= 0.3 is 0 Å². The molecule has 1 aliphatic heterocycles. The van der Waals surface area contributed by atoms with Crippen molar-refractivity contribution in [2.45, 2.75) is 46.7 Å². The molecule has 0 saturated carbocycles. The minimum Gasteiger partial charge on any atom is -0.490 e. The number of hydrogen-bond donors (Lipinski definition) is 0. The number of carbonyl (C=O) groups excluding carboxylic acids is 1. The van der Waals surface area contributed by atoms with E-state index in [1.807, 2.05) is 23.7 Å². The van der Waals surface area contributed by atoms with Crippen molar-refractivity contribution in [2.75, 3.05) is 24.8 Å². The highest BCUT2D eigenvalue weighted by molar-refractivity contribution is 6.32. The lowest BCUT2D eigenvalue weighted by Gasteiger charge is -2.44. The number of hydrogen-bond acceptors (Lipinski definition) is 5. The molecule has 0 bridgehead atoms. The average Bonchev–Trinajstić information content (AvgIpc) is 2.63. The highest BCUT2D eigenvalue weighted by Gasteiger charge is 2.31. The molecule has 3 rings (SSSR count). The summed E-state index contributed by atoms with van der Waals surface area (Å²) >= 11 is 6.47. The Morgan fingerprint density at radius 2 is 1.93 bits per heavy atom. The van der Waals surface area contributed by atoms with Crippen molar-refractivity contribution >= 4 is 17.4 Å². The molecule has 0 atom stereocenters. The number of halogens is 1. The van der Waals surface area contributed by atoms with E-state index in [9.17, 15) is 9.59 Å². The lowest BCUT2D eigenvalue weighted by molar-refractivity contribution is 0.101. The van der Waals surface area contributed by atoms with E-state index in [0.29, 0.717) is 42.8 Å². The molecule has 156 valence electrons. The van der Waals surface area contributed by atoms with Gasteiger partial charge in [0.2, 0.25) is 0 Å². The third-order valence-corrected chi connectivity index (χ3v) is 5.18. The summed E-state index contributed by atoms with van der Waals surface area (Å²) < 4.78 is 13.0. The van der Waals surface area contributed by atoms with Crippen LogP contribution in [0.3, 0.4) is 0 Å². The van der Waals surface area contributed by atoms with Gasteiger partial charge < -0.3 is 14.5 Å². The van der Waals surface area contributed by atoms with Crippen molar-refractivity contribution < 1.29 is 14.3 Å². The Balaban J connectivity index is 2.11. The molecule has 0 amide bonds. The van der Waals surface area contributed by atoms with Crippen LogP contribution in [0.1, 0.15) is 50.5 Å². The van der Waals surface area contributed by atoms with E-state index in [0.717, 1.165) is 11.1 Å². The van der Waals surface area contributed by atoms with Crippen LogP contribution in [0, 0.1) is 0 Å². The SMILES string of the molecule is CCOCCOc1cc2c(cc1Cl)-c1cc(=O)c(C(C)=O)cn1N(C(C)(C)C)C2. The van der Waals surface area contributed by atoms with Gasteiger partial charge in [0.05, 0.1) is 29.4 Å². The predicted octanol–water partition coefficient (Wildman–Crippen LogP) is 4.04. The molecule has 29 heavy (non-hydrogen) atoms. The lowest BCUT2D eigenvalue weighted by atomic mass is 9.97. The van der Waals surface area contributed by atoms with Gasteiger partial charge in [-0.2, -0.15) is 0 Å². The van der Waals surface area contributed by atoms with E-state index in [4.69, 9.17) is 21.1 Å². The Hall–Kier alpha value is -2.31. The van der Waals surface area contributed by atoms with E-state index in [2.05, 4.69) is 25.8 Å². The van der Waals surface area contributed by atoms with Gasteiger partial charge in [-0.25, -0.2) is 0 Å². The normalized spacial score (nSPS) is 13.1. The van der Waals surface area contributed by atoms with E-state index < -0.39 is 0 Å². The molecular formula is C22H27ClN2O4. The van der Waals surface area contributed by atoms with Crippen LogP contribution in [0.25, 0.3) is 11.3 Å². The van der Waals surface area contributed by atoms with Crippen LogP contribution in [-0.2, 0) is 11.3 Å². The number of pyridine rings is 1. The monoisotopic (exact) mass is 418 g/mol. The number of Topliss-reactive ketones (excluding diaryl/α,β-unsaturated/α-hetero) is 1. The van der Waals surface area contributed by atoms with E-state index in [1.165, 1.54) is 13.0 Å². The number of carbonyl (C=O) groups is 1. The van der Waals surface area contributed by atoms with E-state index in [1.54, 1.807) is 6.20 Å². The smallest absolute Gasteiger partial charge is 0.193 e. The summed E-state index contributed by atoms with van der Waals surface area (Å²) in [6.45, 7) is 11.7. The zero-order valence-electron chi connectivity index (χ0n) is 17.5. The quantitative estimate of drug-likeness (QED) is 0.523. The average molecular weight is 419 g/mol. The van der Waals surface area contributed by atoms with Crippen molar-refractivity contribution in [2.24, 2.45) is 0 Å². The molecule has 7 heteroatoms. The molecule has 2 aromatic rings. The summed E-state index contributed by atoms with van der Waals surface area (Å²) in [6, 6.07) is 5.26. The summed E-state index contributed by atoms with van der Waals surface area (Å²) in [5, 5.41) is 2.59. The fraction of sp³-hybridized carbons (Fsp3) is 0.455. The zero-order valence-corrected chi connectivity index (χ0v) is 18.3. The standard InChI is InChI=1S/C22H27ClN2O4/c1-6-28-7-8-29-21-9-15-12-25(22(3,4)5)24-13-17(14(2)26)20(27)11-19(24)16(15)10-18(21)23/h9-11,13H,6-8,12H2,1-5H3. The molecule has 0 spiro atoms. The third kappa shape index (κ3) is 4.33. The van der Waals surface area contributed by atoms with Gasteiger partial charge in [0.1, 0.15) is 12.4 Å². The lowest BCUT2D eigenvalue weighted by Crippen LogP contribution is -2.51. The van der Waals surface area contributed by atoms with E-state index >= 15 is 0 Å². The predicted molar refractivity (Wildman–Crippen MR) is 115 cm³/mol. The first kappa shape index (κ1) is 21.4. The van der Waals surface area contributed by atoms with Crippen LogP contribution in [0.5, 0.6) is 5.75 Å². The molecule has 0 N–H and O–H groups in total. The summed E-state index contributed by atoms with van der Waals surface area (Å²) in [4.78, 5) is 24.4. The second-order valence-corrected chi connectivity index (χ2v) is 8.46. The van der Waals surface area contributed by atoms with Crippen molar-refractivity contribution in [1.29, 1.82) is 0 Å². The number of nitrogens with zero attached hydrogens (tertiary/aromatic N) is 2. The zero-order chi connectivity index (χ0) is 21.3. The molecular weight excluding hydrogens is 392 g/mol. The van der Waals surface area contributed by atoms with Gasteiger partial charge in [-0.3, -0.25) is 14.3 Å². The number of ketones is 1. The Morgan fingerprint density at radius 1 is 1.21 bits per heavy atom. The highest BCUT2D eigenvalue weighted by atomic mass is 35.5. The van der Waals surface area contributed by atoms with Crippen molar-refractivity contribution in [1.82, 2.24) is 4.68 Å². The van der Waals surface area contributed by atoms with Crippen LogP contribution >= 0.6 is 11.6 Å². The summed E-state index contributed by atoms with van der Waals surface area (Å²) in [6.07, 6.45) is 1.63. The van der Waals surface area contributed by atoms with Gasteiger partial charge in [-0.15, -0.1) is 0 Å². The first-order valence-electron chi connectivity index (χ1n) is 9.72. The molecule has 0 fully saturated rings. The molecule has 1 aliphatic rings. The van der Waals surface area contributed by atoms with Gasteiger partial charge in [-0.1, -0.05) is 11.6 Å². The van der Waals surface area contributed by atoms with Crippen LogP contribution in [0.15, 0.2) is 29.2 Å². The number of ether oxygens (including phenoxy) is 2. The number of fused-ring (bicyclic) bond motifs is 3. The maximum absolute atomic E-state index is 12.5. The van der Waals surface area contributed by atoms with Crippen LogP contribution in [-0.4, -0.2) is 35.8 Å². The minimum atomic E-state index is -0.293. The molecule has 1 aromatic carbocycles. The van der Waals surface area contributed by atoms with Gasteiger partial charge in [0.15, 0.2) is 11.2 Å². The van der Waals surface area contributed by atoms with Crippen LogP contribution in [0.2, 0.25) is 5.02 Å². The van der Waals surface area contributed by atoms with Crippen LogP contribution in [0.4, 0.5) is 0 Å². The molecule has 0 aliphatic carbocycles. The number of benzene rings is 1. The van der Waals surface area contributed by atoms with Crippen molar-refractivity contribution in [3.8, 4) is 17.0 Å². The van der Waals surface area contributed by atoms with E-state index in [-0.39, 0.29) is 22.3 Å². The molecule has 0 radical (unpaired) electrons. The molecule has 6 nitrogen and oxygen atoms in total. The number of aromatic nitrogens is 1. The molecule has 0 unspecified atom stereocenters. The van der Waals surface area contributed by atoms with Gasteiger partial charge in [0, 0.05) is 30.0 Å². The molecule has 2 heterocycles. The first-order chi connectivity index (χ1) is 13.6. The van der Waals surface area contributed by atoms with Crippen molar-refractivity contribution in [3.63, 3.8) is 0 Å². The topological polar surface area (TPSA) is 60.8 Å². The number of rotatable bonds is 6. The summed E-state index contributed by atoms with van der Waals surface area (Å²) in [5.74, 6) is 0.344.